The van der Waals surface area contributed by atoms with E-state index in [1.54, 1.807) is 47.4 Å². The minimum atomic E-state index is -0.841. The first kappa shape index (κ1) is 20.7. The van der Waals surface area contributed by atoms with Crippen LogP contribution in [0.1, 0.15) is 33.9 Å². The predicted molar refractivity (Wildman–Crippen MR) is 118 cm³/mol. The fraction of sp³-hybridized carbons (Fsp3) is 0.348. The molecule has 0 bridgehead atoms. The summed E-state index contributed by atoms with van der Waals surface area (Å²) in [5, 5.41) is 0. The average molecular weight is 422 g/mol. The van der Waals surface area contributed by atoms with E-state index in [-0.39, 0.29) is 11.9 Å². The zero-order valence-corrected chi connectivity index (χ0v) is 18.1. The van der Waals surface area contributed by atoms with Crippen molar-refractivity contribution in [3.8, 4) is 5.69 Å². The lowest BCUT2D eigenvalue weighted by Gasteiger charge is -2.34. The molecule has 1 atom stereocenters. The summed E-state index contributed by atoms with van der Waals surface area (Å²) in [5.74, 6) is -0.577. The second kappa shape index (κ2) is 7.61. The fourth-order valence-electron chi connectivity index (χ4n) is 4.14. The molecule has 1 aromatic heterocycles. The summed E-state index contributed by atoms with van der Waals surface area (Å²) >= 11 is 0. The van der Waals surface area contributed by atoms with E-state index in [0.29, 0.717) is 17.9 Å². The summed E-state index contributed by atoms with van der Waals surface area (Å²) in [6, 6.07) is 17.5. The second-order valence-corrected chi connectivity index (χ2v) is 8.66. The third kappa shape index (κ3) is 3.37. The van der Waals surface area contributed by atoms with Gasteiger partial charge in [0.1, 0.15) is 0 Å². The van der Waals surface area contributed by atoms with Gasteiger partial charge in [0.05, 0.1) is 11.2 Å². The zero-order valence-electron chi connectivity index (χ0n) is 18.1. The summed E-state index contributed by atoms with van der Waals surface area (Å²) in [6.45, 7) is 8.33. The fourth-order valence-corrected chi connectivity index (χ4v) is 4.14. The van der Waals surface area contributed by atoms with Crippen molar-refractivity contribution in [1.29, 1.82) is 0 Å². The number of carbonyl (C=O) groups is 1. The van der Waals surface area contributed by atoms with Crippen LogP contribution in [0.5, 0.6) is 0 Å². The minimum absolute atomic E-state index is 0.220. The van der Waals surface area contributed by atoms with E-state index in [1.165, 1.54) is 4.90 Å². The third-order valence-corrected chi connectivity index (χ3v) is 5.57. The molecule has 0 radical (unpaired) electrons. The van der Waals surface area contributed by atoms with Gasteiger partial charge in [-0.3, -0.25) is 4.90 Å². The van der Waals surface area contributed by atoms with Gasteiger partial charge in [-0.2, -0.15) is 4.57 Å². The average Bonchev–Trinajstić information content (AvgIpc) is 3.13. The molecule has 1 aliphatic rings. The molecule has 2 amide bonds. The van der Waals surface area contributed by atoms with Gasteiger partial charge >= 0.3 is 17.5 Å². The van der Waals surface area contributed by atoms with E-state index in [2.05, 4.69) is 0 Å². The summed E-state index contributed by atoms with van der Waals surface area (Å²) in [5.41, 5.74) is -0.416. The van der Waals surface area contributed by atoms with Gasteiger partial charge < -0.3 is 9.42 Å². The molecule has 0 aliphatic carbocycles. The lowest BCUT2D eigenvalue weighted by atomic mass is 9.99. The van der Waals surface area contributed by atoms with Crippen molar-refractivity contribution in [2.24, 2.45) is 5.92 Å². The SMILES string of the molecule is CC(C)CN1C(=O)N(c2ccccc2)[C@@H](n2oc(=O)n(-c3ccccc3)c2=O)C1(C)C. The van der Waals surface area contributed by atoms with Crippen LogP contribution in [0, 0.1) is 5.92 Å². The molecule has 1 aliphatic heterocycles. The molecule has 0 unspecified atom stereocenters. The number of carbonyl (C=O) groups excluding carboxylic acids is 1. The van der Waals surface area contributed by atoms with Crippen molar-refractivity contribution in [3.63, 3.8) is 0 Å². The Morgan fingerprint density at radius 1 is 0.903 bits per heavy atom. The van der Waals surface area contributed by atoms with Crippen LogP contribution in [0.15, 0.2) is 74.8 Å². The third-order valence-electron chi connectivity index (χ3n) is 5.57. The smallest absolute Gasteiger partial charge is 0.315 e. The molecule has 162 valence electrons. The van der Waals surface area contributed by atoms with E-state index in [4.69, 9.17) is 4.52 Å². The maximum absolute atomic E-state index is 13.5. The molecular formula is C23H26N4O4. The van der Waals surface area contributed by atoms with Crippen molar-refractivity contribution < 1.29 is 9.32 Å². The van der Waals surface area contributed by atoms with Crippen molar-refractivity contribution >= 4 is 11.7 Å². The monoisotopic (exact) mass is 422 g/mol. The maximum Gasteiger partial charge on any atom is 0.447 e. The van der Waals surface area contributed by atoms with Crippen molar-refractivity contribution in [2.45, 2.75) is 39.4 Å². The first-order valence-corrected chi connectivity index (χ1v) is 10.3. The lowest BCUT2D eigenvalue weighted by Crippen LogP contribution is -2.48. The number of benzene rings is 2. The maximum atomic E-state index is 13.5. The number of hydrogen-bond donors (Lipinski definition) is 0. The van der Waals surface area contributed by atoms with Crippen LogP contribution in [0.25, 0.3) is 5.69 Å². The first-order chi connectivity index (χ1) is 14.7. The molecule has 1 fully saturated rings. The van der Waals surface area contributed by atoms with Gasteiger partial charge in [0.15, 0.2) is 6.17 Å². The molecule has 4 rings (SSSR count). The van der Waals surface area contributed by atoms with Crippen LogP contribution in [0.2, 0.25) is 0 Å². The highest BCUT2D eigenvalue weighted by Crippen LogP contribution is 2.42. The largest absolute Gasteiger partial charge is 0.447 e. The van der Waals surface area contributed by atoms with Crippen LogP contribution in [-0.4, -0.2) is 32.3 Å². The van der Waals surface area contributed by atoms with Crippen LogP contribution in [0.4, 0.5) is 10.5 Å². The summed E-state index contributed by atoms with van der Waals surface area (Å²) in [4.78, 5) is 42.8. The quantitative estimate of drug-likeness (QED) is 0.631. The van der Waals surface area contributed by atoms with Crippen LogP contribution in [-0.2, 0) is 0 Å². The summed E-state index contributed by atoms with van der Waals surface area (Å²) in [6.07, 6.45) is -0.841. The molecule has 31 heavy (non-hydrogen) atoms. The highest BCUT2D eigenvalue weighted by Gasteiger charge is 2.55. The number of nitrogens with zero attached hydrogens (tertiary/aromatic N) is 4. The first-order valence-electron chi connectivity index (χ1n) is 10.3. The molecule has 1 saturated heterocycles. The van der Waals surface area contributed by atoms with Gasteiger partial charge in [-0.05, 0) is 44.0 Å². The molecule has 8 heteroatoms. The predicted octanol–water partition coefficient (Wildman–Crippen LogP) is 3.47. The normalized spacial score (nSPS) is 18.2. The van der Waals surface area contributed by atoms with Crippen molar-refractivity contribution in [2.75, 3.05) is 11.4 Å². The highest BCUT2D eigenvalue weighted by atomic mass is 16.5. The number of anilines is 1. The lowest BCUT2D eigenvalue weighted by molar-refractivity contribution is 0.0905. The van der Waals surface area contributed by atoms with Crippen LogP contribution >= 0.6 is 0 Å². The number of hydrogen-bond acceptors (Lipinski definition) is 4. The Labute approximate surface area is 179 Å². The number of urea groups is 1. The van der Waals surface area contributed by atoms with Gasteiger partial charge in [-0.25, -0.2) is 14.4 Å². The Bertz CT molecular complexity index is 1190. The summed E-state index contributed by atoms with van der Waals surface area (Å²) in [7, 11) is 0. The molecule has 8 nitrogen and oxygen atoms in total. The molecule has 2 aromatic carbocycles. The van der Waals surface area contributed by atoms with Gasteiger partial charge in [0, 0.05) is 12.2 Å². The number of amides is 2. The molecule has 0 spiro atoms. The molecule has 2 heterocycles. The number of para-hydroxylation sites is 2. The Morgan fingerprint density at radius 2 is 1.45 bits per heavy atom. The van der Waals surface area contributed by atoms with Crippen LogP contribution in [0.3, 0.4) is 0 Å². The van der Waals surface area contributed by atoms with E-state index in [0.717, 1.165) is 9.31 Å². The summed E-state index contributed by atoms with van der Waals surface area (Å²) < 4.78 is 7.47. The van der Waals surface area contributed by atoms with Gasteiger partial charge in [0.2, 0.25) is 0 Å². The van der Waals surface area contributed by atoms with Crippen LogP contribution < -0.4 is 16.3 Å². The Balaban J connectivity index is 1.92. The standard InChI is InChI=1S/C23H26N4O4/c1-16(2)15-24-20(28)25(17-11-7-5-8-12-17)19(23(24,3)4)27-21(29)26(22(30)31-27)18-13-9-6-10-14-18/h5-14,16,19H,15H2,1-4H3/t19-/m0/s1. The molecule has 3 aromatic rings. The number of aromatic nitrogens is 2. The van der Waals surface area contributed by atoms with E-state index in [9.17, 15) is 14.4 Å². The van der Waals surface area contributed by atoms with E-state index in [1.807, 2.05) is 45.9 Å². The topological polar surface area (TPSA) is 80.7 Å². The molecule has 0 saturated carbocycles. The van der Waals surface area contributed by atoms with Gasteiger partial charge in [-0.1, -0.05) is 50.2 Å². The Morgan fingerprint density at radius 3 is 2.00 bits per heavy atom. The second-order valence-electron chi connectivity index (χ2n) is 8.66. The molecular weight excluding hydrogens is 396 g/mol. The highest BCUT2D eigenvalue weighted by molar-refractivity contribution is 5.95. The minimum Gasteiger partial charge on any atom is -0.315 e. The van der Waals surface area contributed by atoms with Crippen molar-refractivity contribution in [1.82, 2.24) is 14.2 Å². The van der Waals surface area contributed by atoms with E-state index >= 15 is 0 Å². The van der Waals surface area contributed by atoms with Crippen molar-refractivity contribution in [3.05, 3.63) is 81.7 Å². The Hall–Kier alpha value is -3.55. The van der Waals surface area contributed by atoms with E-state index < -0.39 is 23.2 Å². The van der Waals surface area contributed by atoms with Gasteiger partial charge in [-0.15, -0.1) is 4.74 Å². The Kier molecular flexibility index (Phi) is 5.08. The van der Waals surface area contributed by atoms with Gasteiger partial charge in [0.25, 0.3) is 0 Å². The number of rotatable bonds is 5. The zero-order chi connectivity index (χ0) is 22.3. The molecule has 0 N–H and O–H groups in total.